The number of nitrogens with one attached hydrogen (secondary N) is 1. The van der Waals surface area contributed by atoms with E-state index in [1.165, 1.54) is 6.42 Å². The Labute approximate surface area is 118 Å². The minimum absolute atomic E-state index is 0.189. The summed E-state index contributed by atoms with van der Waals surface area (Å²) in [7, 11) is 0. The fourth-order valence-electron chi connectivity index (χ4n) is 2.38. The summed E-state index contributed by atoms with van der Waals surface area (Å²) in [6.45, 7) is 0.312. The lowest BCUT2D eigenvalue weighted by molar-refractivity contribution is -0.0300. The maximum absolute atomic E-state index is 12.0. The number of aliphatic hydroxyl groups is 1. The van der Waals surface area contributed by atoms with Gasteiger partial charge in [-0.3, -0.25) is 4.79 Å². The Kier molecular flexibility index (Phi) is 3.61. The van der Waals surface area contributed by atoms with E-state index >= 15 is 0 Å². The summed E-state index contributed by atoms with van der Waals surface area (Å²) in [6, 6.07) is 3.33. The first-order chi connectivity index (χ1) is 9.65. The number of carbonyl (C=O) groups excluding carboxylic acids is 1. The highest BCUT2D eigenvalue weighted by Crippen LogP contribution is 2.30. The normalized spacial score (nSPS) is 20.6. The quantitative estimate of drug-likeness (QED) is 0.858. The van der Waals surface area contributed by atoms with Crippen molar-refractivity contribution >= 4 is 5.91 Å². The molecule has 2 aliphatic carbocycles. The van der Waals surface area contributed by atoms with Gasteiger partial charge in [0.25, 0.3) is 5.91 Å². The number of nitrogens with zero attached hydrogens (tertiary/aromatic N) is 1. The van der Waals surface area contributed by atoms with Gasteiger partial charge in [-0.05, 0) is 44.6 Å². The van der Waals surface area contributed by atoms with Crippen molar-refractivity contribution in [2.75, 3.05) is 6.54 Å². The Morgan fingerprint density at radius 2 is 2.25 bits per heavy atom. The van der Waals surface area contributed by atoms with Gasteiger partial charge in [-0.1, -0.05) is 0 Å². The van der Waals surface area contributed by atoms with Gasteiger partial charge in [0, 0.05) is 24.4 Å². The van der Waals surface area contributed by atoms with Gasteiger partial charge >= 0.3 is 0 Å². The zero-order chi connectivity index (χ0) is 14.0. The molecule has 0 bridgehead atoms. The molecule has 1 heterocycles. The SMILES string of the molecule is O=C(NCC1(O)CCC1)c1ccnc(OC2CCC2)c1. The second-order valence-electron chi connectivity index (χ2n) is 5.81. The molecule has 1 amide bonds. The van der Waals surface area contributed by atoms with Crippen LogP contribution >= 0.6 is 0 Å². The summed E-state index contributed by atoms with van der Waals surface area (Å²) < 4.78 is 5.68. The zero-order valence-corrected chi connectivity index (χ0v) is 11.5. The molecular weight excluding hydrogens is 256 g/mol. The third-order valence-corrected chi connectivity index (χ3v) is 4.20. The Morgan fingerprint density at radius 1 is 1.45 bits per heavy atom. The van der Waals surface area contributed by atoms with E-state index < -0.39 is 5.60 Å². The molecule has 0 saturated heterocycles. The highest BCUT2D eigenvalue weighted by molar-refractivity contribution is 5.94. The van der Waals surface area contributed by atoms with Crippen LogP contribution < -0.4 is 10.1 Å². The minimum atomic E-state index is -0.700. The molecule has 0 atom stereocenters. The van der Waals surface area contributed by atoms with Crippen LogP contribution in [0.25, 0.3) is 0 Å². The van der Waals surface area contributed by atoms with Crippen molar-refractivity contribution in [1.82, 2.24) is 10.3 Å². The maximum atomic E-state index is 12.0. The number of amides is 1. The molecule has 20 heavy (non-hydrogen) atoms. The van der Waals surface area contributed by atoms with E-state index in [1.807, 2.05) is 0 Å². The van der Waals surface area contributed by atoms with Crippen molar-refractivity contribution in [3.05, 3.63) is 23.9 Å². The lowest BCUT2D eigenvalue weighted by Crippen LogP contribution is -2.47. The molecule has 2 fully saturated rings. The summed E-state index contributed by atoms with van der Waals surface area (Å²) in [5, 5.41) is 12.7. The van der Waals surface area contributed by atoms with Crippen LogP contribution in [-0.4, -0.2) is 34.2 Å². The Morgan fingerprint density at radius 3 is 2.85 bits per heavy atom. The molecule has 2 N–H and O–H groups in total. The minimum Gasteiger partial charge on any atom is -0.474 e. The third-order valence-electron chi connectivity index (χ3n) is 4.20. The molecule has 0 unspecified atom stereocenters. The second-order valence-corrected chi connectivity index (χ2v) is 5.81. The predicted octanol–water partition coefficient (Wildman–Crippen LogP) is 1.66. The van der Waals surface area contributed by atoms with Gasteiger partial charge in [-0.15, -0.1) is 0 Å². The molecule has 1 aromatic heterocycles. The maximum Gasteiger partial charge on any atom is 0.251 e. The van der Waals surface area contributed by atoms with Gasteiger partial charge in [0.05, 0.1) is 5.60 Å². The lowest BCUT2D eigenvalue weighted by atomic mass is 9.80. The highest BCUT2D eigenvalue weighted by atomic mass is 16.5. The van der Waals surface area contributed by atoms with Crippen LogP contribution in [0, 0.1) is 0 Å². The first kappa shape index (κ1) is 13.4. The molecule has 0 aliphatic heterocycles. The predicted molar refractivity (Wildman–Crippen MR) is 73.6 cm³/mol. The van der Waals surface area contributed by atoms with E-state index in [4.69, 9.17) is 4.74 Å². The second kappa shape index (κ2) is 5.40. The molecule has 1 aromatic rings. The Hall–Kier alpha value is -1.62. The molecule has 108 valence electrons. The first-order valence-corrected chi connectivity index (χ1v) is 7.28. The van der Waals surface area contributed by atoms with Crippen LogP contribution in [0.1, 0.15) is 48.9 Å². The number of rotatable bonds is 5. The van der Waals surface area contributed by atoms with Crippen molar-refractivity contribution in [3.63, 3.8) is 0 Å². The Bertz CT molecular complexity index is 496. The fraction of sp³-hybridized carbons (Fsp3) is 0.600. The largest absolute Gasteiger partial charge is 0.474 e. The topological polar surface area (TPSA) is 71.5 Å². The number of pyridine rings is 1. The van der Waals surface area contributed by atoms with Crippen molar-refractivity contribution in [2.45, 2.75) is 50.2 Å². The fourth-order valence-corrected chi connectivity index (χ4v) is 2.38. The molecule has 3 rings (SSSR count). The van der Waals surface area contributed by atoms with Gasteiger partial charge in [0.15, 0.2) is 0 Å². The number of hydrogen-bond acceptors (Lipinski definition) is 4. The van der Waals surface area contributed by atoms with Gasteiger partial charge in [-0.2, -0.15) is 0 Å². The van der Waals surface area contributed by atoms with E-state index in [0.29, 0.717) is 18.0 Å². The van der Waals surface area contributed by atoms with E-state index in [0.717, 1.165) is 32.1 Å². The molecule has 5 nitrogen and oxygen atoms in total. The average Bonchev–Trinajstić information content (AvgIpc) is 2.38. The summed E-state index contributed by atoms with van der Waals surface area (Å²) in [5.41, 5.74) is -0.175. The average molecular weight is 276 g/mol. The number of carbonyl (C=O) groups is 1. The summed E-state index contributed by atoms with van der Waals surface area (Å²) >= 11 is 0. The molecule has 2 aliphatic rings. The molecular formula is C15H20N2O3. The van der Waals surface area contributed by atoms with Crippen molar-refractivity contribution < 1.29 is 14.6 Å². The van der Waals surface area contributed by atoms with E-state index in [9.17, 15) is 9.90 Å². The van der Waals surface area contributed by atoms with Crippen molar-refractivity contribution in [3.8, 4) is 5.88 Å². The van der Waals surface area contributed by atoms with E-state index in [2.05, 4.69) is 10.3 Å². The van der Waals surface area contributed by atoms with Gasteiger partial charge in [-0.25, -0.2) is 4.98 Å². The molecule has 5 heteroatoms. The van der Waals surface area contributed by atoms with Crippen LogP contribution in [0.4, 0.5) is 0 Å². The third kappa shape index (κ3) is 2.93. The molecule has 0 radical (unpaired) electrons. The summed E-state index contributed by atoms with van der Waals surface area (Å²) in [6.07, 6.45) is 7.71. The number of ether oxygens (including phenoxy) is 1. The van der Waals surface area contributed by atoms with Gasteiger partial charge in [0.1, 0.15) is 6.10 Å². The number of hydrogen-bond donors (Lipinski definition) is 2. The standard InChI is InChI=1S/C15H20N2O3/c18-14(17-10-15(19)6-2-7-15)11-5-8-16-13(9-11)20-12-3-1-4-12/h5,8-9,12,19H,1-4,6-7,10H2,(H,17,18). The summed E-state index contributed by atoms with van der Waals surface area (Å²) in [4.78, 5) is 16.2. The molecule has 0 spiro atoms. The smallest absolute Gasteiger partial charge is 0.251 e. The van der Waals surface area contributed by atoms with Crippen LogP contribution in [0.2, 0.25) is 0 Å². The van der Waals surface area contributed by atoms with Crippen LogP contribution in [-0.2, 0) is 0 Å². The van der Waals surface area contributed by atoms with E-state index in [-0.39, 0.29) is 12.0 Å². The molecule has 2 saturated carbocycles. The monoisotopic (exact) mass is 276 g/mol. The molecule has 0 aromatic carbocycles. The zero-order valence-electron chi connectivity index (χ0n) is 11.5. The number of aromatic nitrogens is 1. The summed E-state index contributed by atoms with van der Waals surface area (Å²) in [5.74, 6) is 0.316. The Balaban J connectivity index is 1.57. The van der Waals surface area contributed by atoms with Crippen molar-refractivity contribution in [1.29, 1.82) is 0 Å². The van der Waals surface area contributed by atoms with Crippen LogP contribution in [0.15, 0.2) is 18.3 Å². The van der Waals surface area contributed by atoms with Gasteiger partial charge in [0.2, 0.25) is 5.88 Å². The highest BCUT2D eigenvalue weighted by Gasteiger charge is 2.34. The van der Waals surface area contributed by atoms with E-state index in [1.54, 1.807) is 18.3 Å². The van der Waals surface area contributed by atoms with Crippen LogP contribution in [0.5, 0.6) is 5.88 Å². The van der Waals surface area contributed by atoms with Crippen molar-refractivity contribution in [2.24, 2.45) is 0 Å². The van der Waals surface area contributed by atoms with Crippen LogP contribution in [0.3, 0.4) is 0 Å². The van der Waals surface area contributed by atoms with Gasteiger partial charge < -0.3 is 15.2 Å². The first-order valence-electron chi connectivity index (χ1n) is 7.28. The lowest BCUT2D eigenvalue weighted by Gasteiger charge is -2.36.